The number of sulfonamides is 1. The number of methoxy groups -OCH3 is 3. The van der Waals surface area contributed by atoms with E-state index in [1.54, 1.807) is 12.1 Å². The van der Waals surface area contributed by atoms with Gasteiger partial charge in [-0.2, -0.15) is 0 Å². The average Bonchev–Trinajstić information content (AvgIpc) is 3.00. The van der Waals surface area contributed by atoms with E-state index in [9.17, 15) is 8.42 Å². The fourth-order valence-corrected chi connectivity index (χ4v) is 3.66. The molecule has 1 aromatic rings. The zero-order valence-electron chi connectivity index (χ0n) is 12.3. The lowest BCUT2D eigenvalue weighted by Gasteiger charge is -2.17. The van der Waals surface area contributed by atoms with E-state index in [0.29, 0.717) is 42.4 Å². The molecule has 1 aromatic carbocycles. The van der Waals surface area contributed by atoms with Gasteiger partial charge < -0.3 is 19.5 Å². The van der Waals surface area contributed by atoms with E-state index < -0.39 is 15.3 Å². The van der Waals surface area contributed by atoms with E-state index in [4.69, 9.17) is 14.2 Å². The molecule has 2 N–H and O–H groups in total. The molecule has 0 aliphatic carbocycles. The summed E-state index contributed by atoms with van der Waals surface area (Å²) in [6.45, 7) is 1.17. The maximum atomic E-state index is 12.3. The van der Waals surface area contributed by atoms with Crippen LogP contribution in [-0.2, 0) is 10.0 Å². The largest absolute Gasteiger partial charge is 0.493 e. The second-order valence-corrected chi connectivity index (χ2v) is 6.64. The number of anilines is 1. The lowest BCUT2D eigenvalue weighted by atomic mass is 10.2. The average molecular weight is 316 g/mol. The number of nitrogens with one attached hydrogen (secondary N) is 2. The summed E-state index contributed by atoms with van der Waals surface area (Å²) in [7, 11) is 1.01. The molecule has 0 amide bonds. The highest BCUT2D eigenvalue weighted by Gasteiger charge is 2.29. The van der Waals surface area contributed by atoms with Crippen molar-refractivity contribution in [1.29, 1.82) is 0 Å². The van der Waals surface area contributed by atoms with Gasteiger partial charge >= 0.3 is 0 Å². The Balaban J connectivity index is 2.31. The van der Waals surface area contributed by atoms with E-state index in [-0.39, 0.29) is 0 Å². The van der Waals surface area contributed by atoms with Crippen LogP contribution in [0.25, 0.3) is 0 Å². The van der Waals surface area contributed by atoms with Gasteiger partial charge in [-0.05, 0) is 13.0 Å². The van der Waals surface area contributed by atoms with Crippen LogP contribution in [0.5, 0.6) is 17.2 Å². The van der Waals surface area contributed by atoms with E-state index in [1.807, 2.05) is 0 Å². The zero-order valence-corrected chi connectivity index (χ0v) is 13.1. The summed E-state index contributed by atoms with van der Waals surface area (Å²) >= 11 is 0. The zero-order chi connectivity index (χ0) is 15.5. The van der Waals surface area contributed by atoms with Gasteiger partial charge in [0.1, 0.15) is 0 Å². The smallest absolute Gasteiger partial charge is 0.236 e. The molecule has 1 aliphatic rings. The van der Waals surface area contributed by atoms with Crippen molar-refractivity contribution in [1.82, 2.24) is 5.32 Å². The van der Waals surface area contributed by atoms with Crippen LogP contribution in [0, 0.1) is 0 Å². The quantitative estimate of drug-likeness (QED) is 0.808. The predicted molar refractivity (Wildman–Crippen MR) is 79.9 cm³/mol. The fraction of sp³-hybridized carbons (Fsp3) is 0.538. The molecular formula is C13H20N2O5S. The molecule has 1 unspecified atom stereocenters. The Labute approximate surface area is 124 Å². The molecular weight excluding hydrogens is 296 g/mol. The maximum absolute atomic E-state index is 12.3. The molecule has 0 bridgehead atoms. The molecule has 0 radical (unpaired) electrons. The van der Waals surface area contributed by atoms with Crippen molar-refractivity contribution in [2.75, 3.05) is 39.1 Å². The molecule has 1 saturated heterocycles. The molecule has 8 heteroatoms. The van der Waals surface area contributed by atoms with E-state index >= 15 is 0 Å². The molecule has 21 heavy (non-hydrogen) atoms. The minimum atomic E-state index is -3.45. The fourth-order valence-electron chi connectivity index (χ4n) is 2.28. The molecule has 1 fully saturated rings. The van der Waals surface area contributed by atoms with Gasteiger partial charge in [-0.3, -0.25) is 4.72 Å². The first-order valence-electron chi connectivity index (χ1n) is 6.54. The molecule has 0 aromatic heterocycles. The standard InChI is InChI=1S/C13H20N2O5S/c1-18-11-6-9(7-12(19-2)13(11)20-3)15-21(16,17)10-4-5-14-8-10/h6-7,10,14-15H,4-5,8H2,1-3H3. The van der Waals surface area contributed by atoms with Crippen LogP contribution in [0.3, 0.4) is 0 Å². The molecule has 0 saturated carbocycles. The SMILES string of the molecule is COc1cc(NS(=O)(=O)C2CCNC2)cc(OC)c1OC. The lowest BCUT2D eigenvalue weighted by molar-refractivity contribution is 0.324. The molecule has 0 spiro atoms. The van der Waals surface area contributed by atoms with E-state index in [0.717, 1.165) is 0 Å². The van der Waals surface area contributed by atoms with Crippen LogP contribution in [0.4, 0.5) is 5.69 Å². The monoisotopic (exact) mass is 316 g/mol. The molecule has 1 heterocycles. The topological polar surface area (TPSA) is 85.9 Å². The van der Waals surface area contributed by atoms with Crippen LogP contribution < -0.4 is 24.2 Å². The number of hydrogen-bond donors (Lipinski definition) is 2. The summed E-state index contributed by atoms with van der Waals surface area (Å²) in [6.07, 6.45) is 0.597. The summed E-state index contributed by atoms with van der Waals surface area (Å²) in [5, 5.41) is 2.61. The first kappa shape index (κ1) is 15.7. The van der Waals surface area contributed by atoms with Crippen LogP contribution in [0.15, 0.2) is 12.1 Å². The van der Waals surface area contributed by atoms with Gasteiger partial charge in [-0.1, -0.05) is 0 Å². The van der Waals surface area contributed by atoms with Crippen molar-refractivity contribution in [3.05, 3.63) is 12.1 Å². The Morgan fingerprint density at radius 3 is 2.19 bits per heavy atom. The Morgan fingerprint density at radius 2 is 1.76 bits per heavy atom. The highest BCUT2D eigenvalue weighted by Crippen LogP contribution is 2.40. The third kappa shape index (κ3) is 3.33. The highest BCUT2D eigenvalue weighted by atomic mass is 32.2. The maximum Gasteiger partial charge on any atom is 0.236 e. The van der Waals surface area contributed by atoms with Crippen molar-refractivity contribution in [2.24, 2.45) is 0 Å². The van der Waals surface area contributed by atoms with E-state index in [2.05, 4.69) is 10.0 Å². The summed E-state index contributed by atoms with van der Waals surface area (Å²) < 4.78 is 42.8. The Kier molecular flexibility index (Phi) is 4.79. The van der Waals surface area contributed by atoms with Gasteiger partial charge in [-0.25, -0.2) is 8.42 Å². The van der Waals surface area contributed by atoms with Crippen molar-refractivity contribution in [2.45, 2.75) is 11.7 Å². The van der Waals surface area contributed by atoms with Crippen LogP contribution >= 0.6 is 0 Å². The molecule has 7 nitrogen and oxygen atoms in total. The Morgan fingerprint density at radius 1 is 1.14 bits per heavy atom. The van der Waals surface area contributed by atoms with Crippen molar-refractivity contribution in [3.8, 4) is 17.2 Å². The Bertz CT molecular complexity index is 572. The summed E-state index contributed by atoms with van der Waals surface area (Å²) in [5.74, 6) is 1.23. The van der Waals surface area contributed by atoms with Gasteiger partial charge in [0.05, 0.1) is 32.3 Å². The van der Waals surface area contributed by atoms with Crippen LogP contribution in [0.1, 0.15) is 6.42 Å². The van der Waals surface area contributed by atoms with Crippen LogP contribution in [0.2, 0.25) is 0 Å². The minimum Gasteiger partial charge on any atom is -0.493 e. The normalized spacial score (nSPS) is 18.3. The van der Waals surface area contributed by atoms with Crippen molar-refractivity contribution >= 4 is 15.7 Å². The van der Waals surface area contributed by atoms with Gasteiger partial charge in [-0.15, -0.1) is 0 Å². The number of benzene rings is 1. The number of ether oxygens (including phenoxy) is 3. The minimum absolute atomic E-state index is 0.386. The Hall–Kier alpha value is -1.67. The number of hydrogen-bond acceptors (Lipinski definition) is 6. The summed E-state index contributed by atoms with van der Waals surface area (Å²) in [5.41, 5.74) is 0.386. The van der Waals surface area contributed by atoms with Gasteiger partial charge in [0.25, 0.3) is 0 Å². The van der Waals surface area contributed by atoms with Gasteiger partial charge in [0.2, 0.25) is 15.8 Å². The molecule has 2 rings (SSSR count). The van der Waals surface area contributed by atoms with Crippen molar-refractivity contribution < 1.29 is 22.6 Å². The molecule has 118 valence electrons. The van der Waals surface area contributed by atoms with E-state index in [1.165, 1.54) is 21.3 Å². The lowest BCUT2D eigenvalue weighted by Crippen LogP contribution is -2.29. The summed E-state index contributed by atoms with van der Waals surface area (Å²) in [4.78, 5) is 0. The third-order valence-electron chi connectivity index (χ3n) is 3.38. The molecule has 1 aliphatic heterocycles. The second kappa shape index (κ2) is 6.40. The van der Waals surface area contributed by atoms with Gasteiger partial charge in [0, 0.05) is 18.7 Å². The molecule has 1 atom stereocenters. The number of rotatable bonds is 6. The third-order valence-corrected chi connectivity index (χ3v) is 5.18. The van der Waals surface area contributed by atoms with Crippen LogP contribution in [-0.4, -0.2) is 48.1 Å². The highest BCUT2D eigenvalue weighted by molar-refractivity contribution is 7.93. The predicted octanol–water partition coefficient (Wildman–Crippen LogP) is 0.816. The summed E-state index contributed by atoms with van der Waals surface area (Å²) in [6, 6.07) is 3.14. The first-order valence-corrected chi connectivity index (χ1v) is 8.08. The first-order chi connectivity index (χ1) is 10.0. The van der Waals surface area contributed by atoms with Gasteiger partial charge in [0.15, 0.2) is 11.5 Å². The second-order valence-electron chi connectivity index (χ2n) is 4.68. The van der Waals surface area contributed by atoms with Crippen molar-refractivity contribution in [3.63, 3.8) is 0 Å².